The number of nitrogens with one attached hydrogen (secondary N) is 1. The number of hydrogen-bond donors (Lipinski definition) is 1. The van der Waals surface area contributed by atoms with Crippen LogP contribution in [0.25, 0.3) is 0 Å². The molecular weight excluding hydrogens is 270 g/mol. The van der Waals surface area contributed by atoms with Gasteiger partial charge in [-0.3, -0.25) is 4.99 Å². The van der Waals surface area contributed by atoms with Gasteiger partial charge in [-0.2, -0.15) is 0 Å². The lowest BCUT2D eigenvalue weighted by atomic mass is 10.0. The minimum Gasteiger partial charge on any atom is -0.384 e. The molecule has 0 unspecified atom stereocenters. The summed E-state index contributed by atoms with van der Waals surface area (Å²) >= 11 is 6.03. The molecule has 0 fully saturated rings. The van der Waals surface area contributed by atoms with Crippen molar-refractivity contribution >= 4 is 23.0 Å². The Labute approximate surface area is 127 Å². The highest BCUT2D eigenvalue weighted by molar-refractivity contribution is 6.31. The van der Waals surface area contributed by atoms with Crippen LogP contribution >= 0.6 is 11.6 Å². The zero-order valence-electron chi connectivity index (χ0n) is 12.5. The van der Waals surface area contributed by atoms with Crippen LogP contribution in [0, 0.1) is 0 Å². The fourth-order valence-electron chi connectivity index (χ4n) is 2.58. The van der Waals surface area contributed by atoms with Gasteiger partial charge in [-0.15, -0.1) is 0 Å². The third-order valence-electron chi connectivity index (χ3n) is 3.80. The van der Waals surface area contributed by atoms with Crippen LogP contribution in [0.3, 0.4) is 0 Å². The van der Waals surface area contributed by atoms with Crippen LogP contribution in [-0.4, -0.2) is 43.3 Å². The molecule has 3 nitrogen and oxygen atoms in total. The number of anilines is 1. The van der Waals surface area contributed by atoms with E-state index in [1.54, 1.807) is 0 Å². The summed E-state index contributed by atoms with van der Waals surface area (Å²) in [5.41, 5.74) is 3.55. The van der Waals surface area contributed by atoms with Crippen molar-refractivity contribution in [3.63, 3.8) is 0 Å². The van der Waals surface area contributed by atoms with E-state index >= 15 is 0 Å². The van der Waals surface area contributed by atoms with Crippen LogP contribution in [0.15, 0.2) is 23.2 Å². The number of halogens is 1. The van der Waals surface area contributed by atoms with Crippen molar-refractivity contribution in [2.24, 2.45) is 4.99 Å². The molecule has 2 rings (SSSR count). The molecule has 0 bridgehead atoms. The topological polar surface area (TPSA) is 27.6 Å². The van der Waals surface area contributed by atoms with Crippen LogP contribution in [0.4, 0.5) is 5.69 Å². The van der Waals surface area contributed by atoms with Gasteiger partial charge < -0.3 is 10.2 Å². The van der Waals surface area contributed by atoms with E-state index in [2.05, 4.69) is 30.1 Å². The Morgan fingerprint density at radius 2 is 2.10 bits per heavy atom. The largest absolute Gasteiger partial charge is 0.384 e. The summed E-state index contributed by atoms with van der Waals surface area (Å²) in [6.45, 7) is 9.66. The third-order valence-corrected chi connectivity index (χ3v) is 4.03. The van der Waals surface area contributed by atoms with Crippen LogP contribution in [0.1, 0.15) is 32.3 Å². The first kappa shape index (κ1) is 15.3. The molecule has 1 N–H and O–H groups in total. The first-order valence-electron chi connectivity index (χ1n) is 7.54. The monoisotopic (exact) mass is 293 g/mol. The lowest BCUT2D eigenvalue weighted by molar-refractivity contribution is 0.302. The number of fused-ring (bicyclic) bond motifs is 1. The average Bonchev–Trinajstić information content (AvgIpc) is 2.47. The van der Waals surface area contributed by atoms with Gasteiger partial charge in [0.2, 0.25) is 0 Å². The Morgan fingerprint density at radius 1 is 1.30 bits per heavy atom. The molecule has 0 spiro atoms. The zero-order chi connectivity index (χ0) is 14.4. The van der Waals surface area contributed by atoms with Crippen molar-refractivity contribution in [2.45, 2.75) is 26.7 Å². The Kier molecular flexibility index (Phi) is 5.86. The van der Waals surface area contributed by atoms with Crippen molar-refractivity contribution in [3.8, 4) is 0 Å². The molecule has 1 aliphatic heterocycles. The second-order valence-corrected chi connectivity index (χ2v) is 5.51. The van der Waals surface area contributed by atoms with Gasteiger partial charge in [0.15, 0.2) is 0 Å². The minimum atomic E-state index is 0.777. The second-order valence-electron chi connectivity index (χ2n) is 5.08. The van der Waals surface area contributed by atoms with Gasteiger partial charge in [0.1, 0.15) is 0 Å². The summed E-state index contributed by atoms with van der Waals surface area (Å²) in [6.07, 6.45) is 2.13. The highest BCUT2D eigenvalue weighted by Crippen LogP contribution is 2.25. The van der Waals surface area contributed by atoms with Gasteiger partial charge in [0.05, 0.1) is 0 Å². The van der Waals surface area contributed by atoms with Crippen molar-refractivity contribution in [1.29, 1.82) is 0 Å². The maximum atomic E-state index is 6.03. The highest BCUT2D eigenvalue weighted by atomic mass is 35.5. The molecular formula is C16H24ClN3. The maximum absolute atomic E-state index is 6.03. The number of hydrogen-bond acceptors (Lipinski definition) is 3. The number of aliphatic imine (C=N–C) groups is 1. The van der Waals surface area contributed by atoms with E-state index in [4.69, 9.17) is 16.6 Å². The Balaban J connectivity index is 1.95. The van der Waals surface area contributed by atoms with E-state index in [9.17, 15) is 0 Å². The van der Waals surface area contributed by atoms with Gasteiger partial charge in [-0.25, -0.2) is 0 Å². The number of nitrogens with zero attached hydrogens (tertiary/aromatic N) is 2. The second kappa shape index (κ2) is 7.65. The summed E-state index contributed by atoms with van der Waals surface area (Å²) in [7, 11) is 0. The van der Waals surface area contributed by atoms with Crippen LogP contribution < -0.4 is 5.32 Å². The van der Waals surface area contributed by atoms with Crippen LogP contribution in [0.5, 0.6) is 0 Å². The standard InChI is InChI=1S/C16H24ClN3/c1-3-20(4-2)11-5-9-18-15-8-10-19-16-12-13(17)6-7-14(15)16/h6-7,12,19H,3-5,8-11H2,1-2H3. The third kappa shape index (κ3) is 3.97. The number of rotatable bonds is 6. The Bertz CT molecular complexity index is 467. The molecule has 0 radical (unpaired) electrons. The first-order chi connectivity index (χ1) is 9.74. The van der Waals surface area contributed by atoms with E-state index < -0.39 is 0 Å². The Morgan fingerprint density at radius 3 is 2.85 bits per heavy atom. The molecule has 0 atom stereocenters. The first-order valence-corrected chi connectivity index (χ1v) is 7.91. The lowest BCUT2D eigenvalue weighted by Gasteiger charge is -2.21. The van der Waals surface area contributed by atoms with Crippen molar-refractivity contribution < 1.29 is 0 Å². The summed E-state index contributed by atoms with van der Waals surface area (Å²) < 4.78 is 0. The molecule has 0 saturated heterocycles. The molecule has 0 amide bonds. The molecule has 1 aromatic rings. The zero-order valence-corrected chi connectivity index (χ0v) is 13.2. The van der Waals surface area contributed by atoms with Gasteiger partial charge >= 0.3 is 0 Å². The van der Waals surface area contributed by atoms with E-state index in [-0.39, 0.29) is 0 Å². The molecule has 4 heteroatoms. The lowest BCUT2D eigenvalue weighted by Crippen LogP contribution is -2.24. The quantitative estimate of drug-likeness (QED) is 0.810. The van der Waals surface area contributed by atoms with Gasteiger partial charge in [-0.05, 0) is 44.3 Å². The molecule has 20 heavy (non-hydrogen) atoms. The molecule has 0 aromatic heterocycles. The van der Waals surface area contributed by atoms with E-state index in [0.717, 1.165) is 56.3 Å². The summed E-state index contributed by atoms with van der Waals surface area (Å²) in [6, 6.07) is 6.01. The van der Waals surface area contributed by atoms with E-state index in [1.807, 2.05) is 12.1 Å². The smallest absolute Gasteiger partial charge is 0.0458 e. The molecule has 1 aromatic carbocycles. The van der Waals surface area contributed by atoms with Crippen molar-refractivity contribution in [1.82, 2.24) is 4.90 Å². The van der Waals surface area contributed by atoms with Crippen molar-refractivity contribution in [3.05, 3.63) is 28.8 Å². The van der Waals surface area contributed by atoms with Gasteiger partial charge in [0, 0.05) is 41.5 Å². The van der Waals surface area contributed by atoms with Crippen LogP contribution in [0.2, 0.25) is 5.02 Å². The van der Waals surface area contributed by atoms with E-state index in [0.29, 0.717) is 0 Å². The number of benzene rings is 1. The molecule has 0 aliphatic carbocycles. The molecule has 1 heterocycles. The fraction of sp³-hybridized carbons (Fsp3) is 0.562. The fourth-order valence-corrected chi connectivity index (χ4v) is 2.75. The Hall–Kier alpha value is -1.06. The predicted octanol–water partition coefficient (Wildman–Crippen LogP) is 3.68. The van der Waals surface area contributed by atoms with Crippen LogP contribution in [-0.2, 0) is 0 Å². The SMILES string of the molecule is CCN(CC)CCCN=C1CCNc2cc(Cl)ccc21. The van der Waals surface area contributed by atoms with Gasteiger partial charge in [-0.1, -0.05) is 25.4 Å². The van der Waals surface area contributed by atoms with Gasteiger partial charge in [0.25, 0.3) is 0 Å². The normalized spacial score (nSPS) is 16.3. The van der Waals surface area contributed by atoms with E-state index in [1.165, 1.54) is 11.3 Å². The molecule has 1 aliphatic rings. The highest BCUT2D eigenvalue weighted by Gasteiger charge is 2.14. The maximum Gasteiger partial charge on any atom is 0.0458 e. The molecule has 0 saturated carbocycles. The predicted molar refractivity (Wildman–Crippen MR) is 88.4 cm³/mol. The summed E-state index contributed by atoms with van der Waals surface area (Å²) in [4.78, 5) is 7.24. The van der Waals surface area contributed by atoms with Crippen molar-refractivity contribution in [2.75, 3.05) is 38.0 Å². The summed E-state index contributed by atoms with van der Waals surface area (Å²) in [5, 5.41) is 4.16. The molecule has 110 valence electrons. The average molecular weight is 294 g/mol. The minimum absolute atomic E-state index is 0.777. The summed E-state index contributed by atoms with van der Waals surface area (Å²) in [5.74, 6) is 0.